The number of ether oxygens (including phenoxy) is 3. The van der Waals surface area contributed by atoms with Crippen molar-refractivity contribution >= 4 is 0 Å². The molecule has 4 nitrogen and oxygen atoms in total. The van der Waals surface area contributed by atoms with Crippen molar-refractivity contribution in [1.82, 2.24) is 5.32 Å². The lowest BCUT2D eigenvalue weighted by Gasteiger charge is -2.10. The fraction of sp³-hybridized carbons (Fsp3) is 0.333. The molecule has 4 heteroatoms. The third-order valence-electron chi connectivity index (χ3n) is 3.34. The Kier molecular flexibility index (Phi) is 6.10. The van der Waals surface area contributed by atoms with E-state index in [4.69, 9.17) is 14.2 Å². The van der Waals surface area contributed by atoms with Crippen molar-refractivity contribution in [1.29, 1.82) is 0 Å². The van der Waals surface area contributed by atoms with Crippen LogP contribution in [0.3, 0.4) is 0 Å². The second kappa shape index (κ2) is 8.29. The minimum absolute atomic E-state index is 0.691. The molecule has 0 radical (unpaired) electrons. The van der Waals surface area contributed by atoms with Gasteiger partial charge in [0.2, 0.25) is 0 Å². The molecule has 1 N–H and O–H groups in total. The molecule has 0 aliphatic rings. The van der Waals surface area contributed by atoms with E-state index in [0.717, 1.165) is 35.9 Å². The largest absolute Gasteiger partial charge is 0.494 e. The highest BCUT2D eigenvalue weighted by atomic mass is 16.5. The van der Waals surface area contributed by atoms with E-state index in [1.54, 1.807) is 14.2 Å². The van der Waals surface area contributed by atoms with E-state index in [9.17, 15) is 0 Å². The Morgan fingerprint density at radius 2 is 1.45 bits per heavy atom. The molecule has 0 fully saturated rings. The van der Waals surface area contributed by atoms with Crippen LogP contribution in [0.5, 0.6) is 17.2 Å². The van der Waals surface area contributed by atoms with E-state index >= 15 is 0 Å². The Balaban J connectivity index is 1.88. The first-order valence-corrected chi connectivity index (χ1v) is 7.40. The molecular weight excluding hydrogens is 278 g/mol. The van der Waals surface area contributed by atoms with Gasteiger partial charge in [-0.15, -0.1) is 0 Å². The predicted molar refractivity (Wildman–Crippen MR) is 87.7 cm³/mol. The van der Waals surface area contributed by atoms with Crippen LogP contribution in [0.2, 0.25) is 0 Å². The molecule has 0 aliphatic heterocycles. The normalized spacial score (nSPS) is 10.3. The van der Waals surface area contributed by atoms with E-state index in [-0.39, 0.29) is 0 Å². The lowest BCUT2D eigenvalue weighted by Crippen LogP contribution is -2.12. The predicted octanol–water partition coefficient (Wildman–Crippen LogP) is 3.39. The van der Waals surface area contributed by atoms with Crippen LogP contribution >= 0.6 is 0 Å². The van der Waals surface area contributed by atoms with Gasteiger partial charge in [0, 0.05) is 13.1 Å². The molecule has 2 rings (SSSR count). The molecule has 0 unspecified atom stereocenters. The first-order valence-electron chi connectivity index (χ1n) is 7.40. The van der Waals surface area contributed by atoms with Gasteiger partial charge in [0.25, 0.3) is 0 Å². The van der Waals surface area contributed by atoms with E-state index in [1.807, 2.05) is 37.3 Å². The zero-order valence-electron chi connectivity index (χ0n) is 13.4. The van der Waals surface area contributed by atoms with E-state index in [2.05, 4.69) is 17.4 Å². The highest BCUT2D eigenvalue weighted by Crippen LogP contribution is 2.27. The number of methoxy groups -OCH3 is 2. The first kappa shape index (κ1) is 16.2. The smallest absolute Gasteiger partial charge is 0.161 e. The van der Waals surface area contributed by atoms with Crippen molar-refractivity contribution in [3.63, 3.8) is 0 Å². The van der Waals surface area contributed by atoms with Crippen LogP contribution in [-0.4, -0.2) is 20.8 Å². The molecular formula is C18H23NO3. The molecule has 2 aromatic carbocycles. The fourth-order valence-corrected chi connectivity index (χ4v) is 2.21. The van der Waals surface area contributed by atoms with E-state index < -0.39 is 0 Å². The SMILES string of the molecule is CCOc1ccc(CNCc2ccc(OC)c(OC)c2)cc1. The van der Waals surface area contributed by atoms with E-state index in [1.165, 1.54) is 5.56 Å². The highest BCUT2D eigenvalue weighted by Gasteiger charge is 2.04. The number of hydrogen-bond acceptors (Lipinski definition) is 4. The van der Waals surface area contributed by atoms with Crippen LogP contribution in [0.4, 0.5) is 0 Å². The lowest BCUT2D eigenvalue weighted by molar-refractivity contribution is 0.340. The summed E-state index contributed by atoms with van der Waals surface area (Å²) in [6.45, 7) is 4.25. The number of benzene rings is 2. The lowest BCUT2D eigenvalue weighted by atomic mass is 10.2. The minimum Gasteiger partial charge on any atom is -0.494 e. The summed E-state index contributed by atoms with van der Waals surface area (Å²) in [5.74, 6) is 2.41. The molecule has 2 aromatic rings. The number of nitrogens with one attached hydrogen (secondary N) is 1. The molecule has 0 bridgehead atoms. The van der Waals surface area contributed by atoms with Crippen LogP contribution in [0.1, 0.15) is 18.1 Å². The molecule has 118 valence electrons. The van der Waals surface area contributed by atoms with Crippen molar-refractivity contribution in [2.75, 3.05) is 20.8 Å². The average molecular weight is 301 g/mol. The summed E-state index contributed by atoms with van der Waals surface area (Å²) >= 11 is 0. The third-order valence-corrected chi connectivity index (χ3v) is 3.34. The molecule has 22 heavy (non-hydrogen) atoms. The summed E-state index contributed by atoms with van der Waals surface area (Å²) in [7, 11) is 3.29. The van der Waals surface area contributed by atoms with Gasteiger partial charge in [0.05, 0.1) is 20.8 Å². The third kappa shape index (κ3) is 4.40. The first-order chi connectivity index (χ1) is 10.8. The van der Waals surface area contributed by atoms with Gasteiger partial charge in [-0.3, -0.25) is 0 Å². The van der Waals surface area contributed by atoms with Crippen LogP contribution in [0.15, 0.2) is 42.5 Å². The van der Waals surface area contributed by atoms with Gasteiger partial charge in [0.15, 0.2) is 11.5 Å². The van der Waals surface area contributed by atoms with E-state index in [0.29, 0.717) is 6.61 Å². The average Bonchev–Trinajstić information content (AvgIpc) is 2.56. The van der Waals surface area contributed by atoms with Crippen molar-refractivity contribution in [2.24, 2.45) is 0 Å². The molecule has 0 amide bonds. The van der Waals surface area contributed by atoms with Gasteiger partial charge < -0.3 is 19.5 Å². The quantitative estimate of drug-likeness (QED) is 0.811. The molecule has 0 spiro atoms. The maximum Gasteiger partial charge on any atom is 0.161 e. The van der Waals surface area contributed by atoms with Gasteiger partial charge in [-0.1, -0.05) is 18.2 Å². The van der Waals surface area contributed by atoms with Gasteiger partial charge in [-0.25, -0.2) is 0 Å². The zero-order valence-corrected chi connectivity index (χ0v) is 13.4. The molecule has 0 atom stereocenters. The highest BCUT2D eigenvalue weighted by molar-refractivity contribution is 5.42. The monoisotopic (exact) mass is 301 g/mol. The standard InChI is InChI=1S/C18H23NO3/c1-4-22-16-8-5-14(6-9-16)12-19-13-15-7-10-17(20-2)18(11-15)21-3/h5-11,19H,4,12-13H2,1-3H3. The van der Waals surface area contributed by atoms with Gasteiger partial charge in [-0.2, -0.15) is 0 Å². The summed E-state index contributed by atoms with van der Waals surface area (Å²) in [5, 5.41) is 3.42. The summed E-state index contributed by atoms with van der Waals surface area (Å²) < 4.78 is 16.0. The second-order valence-corrected chi connectivity index (χ2v) is 4.87. The zero-order chi connectivity index (χ0) is 15.8. The van der Waals surface area contributed by atoms with Crippen molar-refractivity contribution in [3.8, 4) is 17.2 Å². The minimum atomic E-state index is 0.691. The van der Waals surface area contributed by atoms with Crippen LogP contribution in [0.25, 0.3) is 0 Å². The van der Waals surface area contributed by atoms with Crippen molar-refractivity contribution < 1.29 is 14.2 Å². The molecule has 0 aromatic heterocycles. The summed E-state index contributed by atoms with van der Waals surface area (Å²) in [6.07, 6.45) is 0. The topological polar surface area (TPSA) is 39.7 Å². The Labute approximate surface area is 132 Å². The van der Waals surface area contributed by atoms with Crippen LogP contribution in [0, 0.1) is 0 Å². The fourth-order valence-electron chi connectivity index (χ4n) is 2.21. The summed E-state index contributed by atoms with van der Waals surface area (Å²) in [5.41, 5.74) is 2.38. The molecule has 0 aliphatic carbocycles. The summed E-state index contributed by atoms with van der Waals surface area (Å²) in [4.78, 5) is 0. The van der Waals surface area contributed by atoms with Gasteiger partial charge in [-0.05, 0) is 42.3 Å². The van der Waals surface area contributed by atoms with Gasteiger partial charge in [0.1, 0.15) is 5.75 Å². The molecule has 0 saturated heterocycles. The second-order valence-electron chi connectivity index (χ2n) is 4.87. The van der Waals surface area contributed by atoms with Crippen molar-refractivity contribution in [3.05, 3.63) is 53.6 Å². The van der Waals surface area contributed by atoms with Crippen LogP contribution < -0.4 is 19.5 Å². The Bertz CT molecular complexity index is 581. The van der Waals surface area contributed by atoms with Crippen LogP contribution in [-0.2, 0) is 13.1 Å². The number of rotatable bonds is 8. The summed E-state index contributed by atoms with van der Waals surface area (Å²) in [6, 6.07) is 14.1. The maximum absolute atomic E-state index is 5.44. The van der Waals surface area contributed by atoms with Crippen molar-refractivity contribution in [2.45, 2.75) is 20.0 Å². The number of hydrogen-bond donors (Lipinski definition) is 1. The Morgan fingerprint density at radius 1 is 0.818 bits per heavy atom. The Hall–Kier alpha value is -2.20. The maximum atomic E-state index is 5.44. The Morgan fingerprint density at radius 3 is 2.09 bits per heavy atom. The molecule has 0 saturated carbocycles. The van der Waals surface area contributed by atoms with Gasteiger partial charge >= 0.3 is 0 Å². The molecule has 0 heterocycles.